The van der Waals surface area contributed by atoms with Crippen LogP contribution in [0.2, 0.25) is 0 Å². The molecule has 0 amide bonds. The zero-order valence-corrected chi connectivity index (χ0v) is 14.1. The second-order valence-electron chi connectivity index (χ2n) is 5.96. The highest BCUT2D eigenvalue weighted by molar-refractivity contribution is 5.64. The van der Waals surface area contributed by atoms with Gasteiger partial charge in [-0.2, -0.15) is 0 Å². The minimum Gasteiger partial charge on any atom is -0.299 e. The number of nitrogens with zero attached hydrogens (tertiary/aromatic N) is 4. The Hall–Kier alpha value is -3.02. The van der Waals surface area contributed by atoms with E-state index in [4.69, 9.17) is 0 Å². The zero-order valence-electron chi connectivity index (χ0n) is 14.1. The van der Waals surface area contributed by atoms with Gasteiger partial charge in [-0.05, 0) is 41.8 Å². The van der Waals surface area contributed by atoms with Crippen LogP contribution in [0.4, 0.5) is 10.3 Å². The molecule has 3 rings (SSSR count). The van der Waals surface area contributed by atoms with Crippen LogP contribution in [0.25, 0.3) is 0 Å². The van der Waals surface area contributed by atoms with Crippen LogP contribution in [0.3, 0.4) is 0 Å². The summed E-state index contributed by atoms with van der Waals surface area (Å²) in [4.78, 5) is 19.5. The Bertz CT molecular complexity index is 787. The number of carbonyl (C=O) groups is 1. The molecule has 0 bridgehead atoms. The number of carbonyl (C=O) groups excluding carboxylic acids is 1. The van der Waals surface area contributed by atoms with Crippen molar-refractivity contribution in [1.82, 2.24) is 15.0 Å². The lowest BCUT2D eigenvalue weighted by molar-refractivity contribution is -0.104. The minimum atomic E-state index is -0.282. The zero-order chi connectivity index (χ0) is 17.8. The van der Waals surface area contributed by atoms with Gasteiger partial charge in [-0.15, -0.1) is 0 Å². The average molecular weight is 338 g/mol. The number of benzene rings is 1. The molecule has 0 fully saturated rings. The summed E-state index contributed by atoms with van der Waals surface area (Å²) in [5.41, 5.74) is 1.92. The topological polar surface area (TPSA) is 49.3 Å². The lowest BCUT2D eigenvalue weighted by Gasteiger charge is -2.34. The van der Waals surface area contributed by atoms with E-state index in [1.165, 1.54) is 18.2 Å². The molecule has 1 unspecified atom stereocenters. The summed E-state index contributed by atoms with van der Waals surface area (Å²) in [5, 5.41) is 3.77. The van der Waals surface area contributed by atoms with Gasteiger partial charge in [-0.25, -0.2) is 19.4 Å². The Morgan fingerprint density at radius 1 is 1.16 bits per heavy atom. The van der Waals surface area contributed by atoms with Crippen molar-refractivity contribution >= 4 is 12.2 Å². The normalized spacial score (nSPS) is 17.4. The lowest BCUT2D eigenvalue weighted by atomic mass is 10.0. The summed E-state index contributed by atoms with van der Waals surface area (Å²) in [6.07, 6.45) is 9.27. The molecule has 1 atom stereocenters. The van der Waals surface area contributed by atoms with E-state index in [2.05, 4.69) is 29.9 Å². The quantitative estimate of drug-likeness (QED) is 0.615. The van der Waals surface area contributed by atoms with E-state index in [9.17, 15) is 9.18 Å². The number of aromatic nitrogens is 2. The molecule has 1 aliphatic rings. The number of aldehydes is 1. The number of hydrogen-bond acceptors (Lipinski definition) is 5. The maximum atomic E-state index is 13.3. The van der Waals surface area contributed by atoms with Crippen LogP contribution in [0.1, 0.15) is 25.5 Å². The number of anilines is 1. The van der Waals surface area contributed by atoms with Gasteiger partial charge >= 0.3 is 0 Å². The predicted octanol–water partition coefficient (Wildman–Crippen LogP) is 3.65. The number of rotatable bonds is 5. The van der Waals surface area contributed by atoms with Gasteiger partial charge < -0.3 is 0 Å². The van der Waals surface area contributed by atoms with Crippen molar-refractivity contribution in [3.63, 3.8) is 0 Å². The van der Waals surface area contributed by atoms with Gasteiger partial charge in [0.05, 0.1) is 6.04 Å². The SMILES string of the molecule is CC(C)C1=CC(c2ccc(F)cc2)N(c2ncccn2)N1/C=C/C=O. The first kappa shape index (κ1) is 16.8. The van der Waals surface area contributed by atoms with Crippen LogP contribution in [-0.4, -0.2) is 21.3 Å². The average Bonchev–Trinajstić information content (AvgIpc) is 3.01. The van der Waals surface area contributed by atoms with Gasteiger partial charge in [0.25, 0.3) is 0 Å². The Balaban J connectivity index is 2.10. The van der Waals surface area contributed by atoms with Crippen molar-refractivity contribution in [2.45, 2.75) is 19.9 Å². The summed E-state index contributed by atoms with van der Waals surface area (Å²) >= 11 is 0. The molecule has 5 nitrogen and oxygen atoms in total. The van der Waals surface area contributed by atoms with Gasteiger partial charge in [0.1, 0.15) is 12.1 Å². The fraction of sp³-hybridized carbons (Fsp3) is 0.211. The largest absolute Gasteiger partial charge is 0.299 e. The summed E-state index contributed by atoms with van der Waals surface area (Å²) < 4.78 is 13.3. The molecule has 0 saturated carbocycles. The van der Waals surface area contributed by atoms with Crippen LogP contribution in [0.5, 0.6) is 0 Å². The van der Waals surface area contributed by atoms with E-state index < -0.39 is 0 Å². The lowest BCUT2D eigenvalue weighted by Crippen LogP contribution is -2.37. The van der Waals surface area contributed by atoms with E-state index in [0.717, 1.165) is 17.5 Å². The summed E-state index contributed by atoms with van der Waals surface area (Å²) in [6, 6.07) is 7.92. The van der Waals surface area contributed by atoms with Crippen molar-refractivity contribution in [1.29, 1.82) is 0 Å². The first-order valence-electron chi connectivity index (χ1n) is 8.06. The smallest absolute Gasteiger partial charge is 0.245 e. The van der Waals surface area contributed by atoms with Crippen LogP contribution >= 0.6 is 0 Å². The Morgan fingerprint density at radius 3 is 2.44 bits per heavy atom. The fourth-order valence-corrected chi connectivity index (χ4v) is 2.83. The molecular formula is C19H19FN4O. The van der Waals surface area contributed by atoms with Crippen LogP contribution in [0.15, 0.2) is 66.8 Å². The molecule has 2 aromatic rings. The molecular weight excluding hydrogens is 319 g/mol. The van der Waals surface area contributed by atoms with E-state index in [1.807, 2.05) is 10.0 Å². The maximum Gasteiger partial charge on any atom is 0.245 e. The maximum absolute atomic E-state index is 13.3. The second kappa shape index (κ2) is 7.25. The van der Waals surface area contributed by atoms with Crippen molar-refractivity contribution in [2.75, 3.05) is 5.01 Å². The van der Waals surface area contributed by atoms with E-state index in [1.54, 1.807) is 36.8 Å². The van der Waals surface area contributed by atoms with Gasteiger partial charge in [-0.1, -0.05) is 26.0 Å². The first-order valence-corrected chi connectivity index (χ1v) is 8.06. The molecule has 2 heterocycles. The van der Waals surface area contributed by atoms with Crippen molar-refractivity contribution in [3.8, 4) is 0 Å². The molecule has 0 N–H and O–H groups in total. The molecule has 128 valence electrons. The Kier molecular flexibility index (Phi) is 4.88. The molecule has 1 aromatic carbocycles. The van der Waals surface area contributed by atoms with Gasteiger partial charge in [-0.3, -0.25) is 9.80 Å². The van der Waals surface area contributed by atoms with Gasteiger partial charge in [0, 0.05) is 24.3 Å². The Morgan fingerprint density at radius 2 is 1.84 bits per heavy atom. The van der Waals surface area contributed by atoms with Crippen molar-refractivity contribution < 1.29 is 9.18 Å². The van der Waals surface area contributed by atoms with Gasteiger partial charge in [0.2, 0.25) is 5.95 Å². The molecule has 0 spiro atoms. The van der Waals surface area contributed by atoms with E-state index in [0.29, 0.717) is 5.95 Å². The second-order valence-corrected chi connectivity index (χ2v) is 5.96. The number of halogens is 1. The van der Waals surface area contributed by atoms with Gasteiger partial charge in [0.15, 0.2) is 0 Å². The van der Waals surface area contributed by atoms with Crippen molar-refractivity contribution in [2.24, 2.45) is 5.92 Å². The number of allylic oxidation sites excluding steroid dienone is 2. The third kappa shape index (κ3) is 3.42. The van der Waals surface area contributed by atoms with Crippen LogP contribution in [-0.2, 0) is 4.79 Å². The highest BCUT2D eigenvalue weighted by atomic mass is 19.1. The molecule has 0 aliphatic carbocycles. The molecule has 6 heteroatoms. The minimum absolute atomic E-state index is 0.197. The third-order valence-corrected chi connectivity index (χ3v) is 3.95. The molecule has 0 radical (unpaired) electrons. The monoisotopic (exact) mass is 338 g/mol. The number of hydrazine groups is 1. The standard InChI is InChI=1S/C19H19FN4O/c1-14(2)17-13-18(15-5-7-16(20)8-6-15)24(23(17)11-4-12-25)19-21-9-3-10-22-19/h3-14,18H,1-2H3/b11-4+. The summed E-state index contributed by atoms with van der Waals surface area (Å²) in [5.74, 6) is 0.433. The van der Waals surface area contributed by atoms with E-state index in [-0.39, 0.29) is 17.8 Å². The molecule has 0 saturated heterocycles. The summed E-state index contributed by atoms with van der Waals surface area (Å²) in [7, 11) is 0. The fourth-order valence-electron chi connectivity index (χ4n) is 2.83. The van der Waals surface area contributed by atoms with Crippen LogP contribution in [0, 0.1) is 11.7 Å². The summed E-state index contributed by atoms with van der Waals surface area (Å²) in [6.45, 7) is 4.15. The third-order valence-electron chi connectivity index (χ3n) is 3.95. The molecule has 25 heavy (non-hydrogen) atoms. The van der Waals surface area contributed by atoms with Crippen molar-refractivity contribution in [3.05, 3.63) is 78.2 Å². The van der Waals surface area contributed by atoms with E-state index >= 15 is 0 Å². The van der Waals surface area contributed by atoms with Crippen LogP contribution < -0.4 is 5.01 Å². The molecule has 1 aliphatic heterocycles. The molecule has 1 aromatic heterocycles. The highest BCUT2D eigenvalue weighted by Gasteiger charge is 2.35. The highest BCUT2D eigenvalue weighted by Crippen LogP contribution is 2.38. The predicted molar refractivity (Wildman–Crippen MR) is 93.6 cm³/mol. The Labute approximate surface area is 146 Å². The first-order chi connectivity index (χ1) is 12.1. The number of hydrogen-bond donors (Lipinski definition) is 0.